The van der Waals surface area contributed by atoms with Gasteiger partial charge in [0.2, 0.25) is 17.7 Å². The Kier molecular flexibility index (Phi) is 8.46. The number of carbonyl (C=O) groups is 3. The van der Waals surface area contributed by atoms with Gasteiger partial charge in [-0.1, -0.05) is 31.5 Å². The maximum atomic E-state index is 15.1. The van der Waals surface area contributed by atoms with Crippen LogP contribution in [0.4, 0.5) is 14.5 Å². The predicted molar refractivity (Wildman–Crippen MR) is 138 cm³/mol. The summed E-state index contributed by atoms with van der Waals surface area (Å²) in [5.41, 5.74) is 0.615. The molecule has 1 aromatic carbocycles. The highest BCUT2D eigenvalue weighted by atomic mass is 35.5. The van der Waals surface area contributed by atoms with Crippen LogP contribution in [-0.2, 0) is 14.4 Å². The van der Waals surface area contributed by atoms with E-state index in [1.54, 1.807) is 24.3 Å². The van der Waals surface area contributed by atoms with E-state index in [-0.39, 0.29) is 24.7 Å². The third kappa shape index (κ3) is 6.04. The van der Waals surface area contributed by atoms with Gasteiger partial charge in [0.1, 0.15) is 18.1 Å². The smallest absolute Gasteiger partial charge is 0.255 e. The third-order valence-electron chi connectivity index (χ3n) is 7.78. The molecule has 0 radical (unpaired) electrons. The first kappa shape index (κ1) is 28.1. The maximum absolute atomic E-state index is 15.1. The van der Waals surface area contributed by atoms with Crippen LogP contribution in [0.3, 0.4) is 0 Å². The molecule has 1 aliphatic carbocycles. The van der Waals surface area contributed by atoms with E-state index in [1.807, 2.05) is 19.9 Å². The lowest BCUT2D eigenvalue weighted by Crippen LogP contribution is -2.70. The summed E-state index contributed by atoms with van der Waals surface area (Å²) in [6.45, 7) is 4.40. The topological polar surface area (TPSA) is 114 Å². The van der Waals surface area contributed by atoms with Crippen LogP contribution < -0.4 is 16.0 Å². The van der Waals surface area contributed by atoms with Crippen LogP contribution in [0, 0.1) is 29.1 Å². The van der Waals surface area contributed by atoms with Crippen LogP contribution >= 0.6 is 11.6 Å². The van der Waals surface area contributed by atoms with Crippen molar-refractivity contribution in [2.45, 2.75) is 82.5 Å². The highest BCUT2D eigenvalue weighted by Gasteiger charge is 2.61. The quantitative estimate of drug-likeness (QED) is 0.434. The largest absolute Gasteiger partial charge is 0.374 e. The van der Waals surface area contributed by atoms with Gasteiger partial charge in [-0.05, 0) is 56.2 Å². The molecule has 11 heteroatoms. The Labute approximate surface area is 226 Å². The molecule has 3 amide bonds. The zero-order valence-corrected chi connectivity index (χ0v) is 22.3. The minimum absolute atomic E-state index is 0.0888. The fraction of sp³-hybridized carbons (Fsp3) is 0.630. The number of fused-ring (bicyclic) bond motifs is 3. The number of nitrogens with zero attached hydrogens (tertiary/aromatic N) is 2. The van der Waals surface area contributed by atoms with Crippen molar-refractivity contribution in [2.24, 2.45) is 17.8 Å². The third-order valence-corrected chi connectivity index (χ3v) is 8.02. The molecule has 3 aliphatic heterocycles. The van der Waals surface area contributed by atoms with Gasteiger partial charge < -0.3 is 20.9 Å². The number of carbonyl (C=O) groups excluding carboxylic acids is 3. The van der Waals surface area contributed by atoms with Crippen molar-refractivity contribution in [1.29, 1.82) is 5.26 Å². The fourth-order valence-corrected chi connectivity index (χ4v) is 6.22. The summed E-state index contributed by atoms with van der Waals surface area (Å²) in [7, 11) is 0. The highest BCUT2D eigenvalue weighted by Crippen LogP contribution is 2.49. The summed E-state index contributed by atoms with van der Waals surface area (Å²) >= 11 is 6.12. The number of alkyl halides is 2. The van der Waals surface area contributed by atoms with Crippen LogP contribution in [-0.4, -0.2) is 59.3 Å². The zero-order chi connectivity index (χ0) is 27.6. The van der Waals surface area contributed by atoms with E-state index in [1.165, 1.54) is 4.90 Å². The van der Waals surface area contributed by atoms with E-state index in [2.05, 4.69) is 16.0 Å². The minimum Gasteiger partial charge on any atom is -0.374 e. The van der Waals surface area contributed by atoms with E-state index in [0.29, 0.717) is 36.5 Å². The second kappa shape index (κ2) is 11.4. The molecule has 8 nitrogen and oxygen atoms in total. The van der Waals surface area contributed by atoms with Crippen LogP contribution in [0.2, 0.25) is 5.02 Å². The number of hydrogen-bond donors (Lipinski definition) is 3. The van der Waals surface area contributed by atoms with Crippen molar-refractivity contribution in [2.75, 3.05) is 11.9 Å². The lowest BCUT2D eigenvalue weighted by atomic mass is 9.71. The molecule has 0 unspecified atom stereocenters. The number of amides is 3. The van der Waals surface area contributed by atoms with Crippen molar-refractivity contribution in [3.05, 3.63) is 29.3 Å². The lowest BCUT2D eigenvalue weighted by molar-refractivity contribution is -0.194. The molecule has 3 saturated heterocycles. The first-order chi connectivity index (χ1) is 18.0. The molecule has 206 valence electrons. The lowest BCUT2D eigenvalue weighted by Gasteiger charge is -2.54. The number of benzene rings is 1. The van der Waals surface area contributed by atoms with Crippen LogP contribution in [0.5, 0.6) is 0 Å². The molecule has 0 aromatic heterocycles. The molecule has 38 heavy (non-hydrogen) atoms. The SMILES string of the molecule is CC(C)C[C@@H](Nc1cccc(Cl)c1)C(=O)N1[C@@H]2CC[C@H]([C@@H]1C(=O)N[C@H](C#N)C[C@H]1CCNC1=O)C(F)(F)C2. The summed E-state index contributed by atoms with van der Waals surface area (Å²) in [5, 5.41) is 18.6. The van der Waals surface area contributed by atoms with Gasteiger partial charge >= 0.3 is 0 Å². The number of nitriles is 1. The standard InChI is InChI=1S/C27H34ClF2N5O3/c1-15(2)10-22(33-18-5-3-4-17(28)12-18)26(38)35-20-6-7-21(27(29,30)13-20)23(35)25(37)34-19(14-31)11-16-8-9-32-24(16)36/h3-5,12,15-16,19-23,33H,6-11,13H2,1-2H3,(H,32,36)(H,34,37)/t16-,19+,20-,21-,22-,23-/m1/s1. The summed E-state index contributed by atoms with van der Waals surface area (Å²) in [5.74, 6) is -6.18. The van der Waals surface area contributed by atoms with E-state index >= 15 is 8.78 Å². The van der Waals surface area contributed by atoms with Gasteiger partial charge in [0, 0.05) is 35.6 Å². The summed E-state index contributed by atoms with van der Waals surface area (Å²) in [4.78, 5) is 40.9. The van der Waals surface area contributed by atoms with Crippen molar-refractivity contribution >= 4 is 35.0 Å². The first-order valence-corrected chi connectivity index (χ1v) is 13.6. The molecule has 2 bridgehead atoms. The second-order valence-electron chi connectivity index (χ2n) is 11.0. The van der Waals surface area contributed by atoms with E-state index < -0.39 is 60.2 Å². The molecule has 1 aromatic rings. The maximum Gasteiger partial charge on any atom is 0.255 e. The normalized spacial score (nSPS) is 27.4. The number of hydrogen-bond acceptors (Lipinski definition) is 5. The average molecular weight is 550 g/mol. The van der Waals surface area contributed by atoms with Crippen molar-refractivity contribution in [3.8, 4) is 6.07 Å². The number of halogens is 3. The van der Waals surface area contributed by atoms with Gasteiger partial charge in [-0.25, -0.2) is 8.78 Å². The van der Waals surface area contributed by atoms with Crippen LogP contribution in [0.25, 0.3) is 0 Å². The molecule has 4 fully saturated rings. The van der Waals surface area contributed by atoms with E-state index in [4.69, 9.17) is 11.6 Å². The summed E-state index contributed by atoms with van der Waals surface area (Å²) in [6, 6.07) is 4.89. The monoisotopic (exact) mass is 549 g/mol. The Bertz CT molecular complexity index is 1110. The Balaban J connectivity index is 1.59. The van der Waals surface area contributed by atoms with Crippen molar-refractivity contribution in [1.82, 2.24) is 15.5 Å². The zero-order valence-electron chi connectivity index (χ0n) is 21.6. The van der Waals surface area contributed by atoms with Gasteiger partial charge in [0.15, 0.2) is 0 Å². The van der Waals surface area contributed by atoms with Crippen LogP contribution in [0.15, 0.2) is 24.3 Å². The average Bonchev–Trinajstić information content (AvgIpc) is 3.25. The van der Waals surface area contributed by atoms with E-state index in [9.17, 15) is 19.6 Å². The minimum atomic E-state index is -3.11. The molecule has 3 heterocycles. The number of piperidine rings is 2. The van der Waals surface area contributed by atoms with Crippen molar-refractivity contribution < 1.29 is 23.2 Å². The number of rotatable bonds is 9. The molecule has 6 atom stereocenters. The number of nitrogens with one attached hydrogen (secondary N) is 3. The van der Waals surface area contributed by atoms with Gasteiger partial charge in [0.05, 0.1) is 12.0 Å². The van der Waals surface area contributed by atoms with Gasteiger partial charge in [-0.2, -0.15) is 5.26 Å². The highest BCUT2D eigenvalue weighted by molar-refractivity contribution is 6.30. The summed E-state index contributed by atoms with van der Waals surface area (Å²) in [6.07, 6.45) is 1.04. The molecule has 0 spiro atoms. The predicted octanol–water partition coefficient (Wildman–Crippen LogP) is 3.72. The van der Waals surface area contributed by atoms with Crippen LogP contribution in [0.1, 0.15) is 52.4 Å². The number of anilines is 1. The summed E-state index contributed by atoms with van der Waals surface area (Å²) < 4.78 is 30.2. The molecule has 5 rings (SSSR count). The van der Waals surface area contributed by atoms with Crippen molar-refractivity contribution in [3.63, 3.8) is 0 Å². The first-order valence-electron chi connectivity index (χ1n) is 13.2. The second-order valence-corrected chi connectivity index (χ2v) is 11.5. The Morgan fingerprint density at radius 3 is 2.66 bits per heavy atom. The molecule has 3 N–H and O–H groups in total. The Morgan fingerprint density at radius 1 is 1.29 bits per heavy atom. The molecular weight excluding hydrogens is 516 g/mol. The Hall–Kier alpha value is -2.93. The van der Waals surface area contributed by atoms with Gasteiger partial charge in [0.25, 0.3) is 5.92 Å². The van der Waals surface area contributed by atoms with Gasteiger partial charge in [-0.3, -0.25) is 14.4 Å². The van der Waals surface area contributed by atoms with E-state index in [0.717, 1.165) is 0 Å². The van der Waals surface area contributed by atoms with Gasteiger partial charge in [-0.15, -0.1) is 0 Å². The Morgan fingerprint density at radius 2 is 2.05 bits per heavy atom. The molecule has 4 aliphatic rings. The molecular formula is C27H34ClF2N5O3. The molecule has 1 saturated carbocycles. The fourth-order valence-electron chi connectivity index (χ4n) is 6.03.